The van der Waals surface area contributed by atoms with Crippen LogP contribution in [0.25, 0.3) is 0 Å². The van der Waals surface area contributed by atoms with Gasteiger partial charge in [0.2, 0.25) is 0 Å². The Kier molecular flexibility index (Phi) is 10.1. The number of nitriles is 1. The van der Waals surface area contributed by atoms with E-state index in [2.05, 4.69) is 33.4 Å². The molecule has 31 heavy (non-hydrogen) atoms. The van der Waals surface area contributed by atoms with Crippen LogP contribution in [0.5, 0.6) is 0 Å². The van der Waals surface area contributed by atoms with Crippen LogP contribution in [0.15, 0.2) is 66.1 Å². The van der Waals surface area contributed by atoms with E-state index in [-0.39, 0.29) is 0 Å². The summed E-state index contributed by atoms with van der Waals surface area (Å²) in [5.41, 5.74) is 8.19. The average molecular weight is 459 g/mol. The van der Waals surface area contributed by atoms with Crippen molar-refractivity contribution in [2.75, 3.05) is 23.0 Å². The van der Waals surface area contributed by atoms with E-state index in [1.807, 2.05) is 52.8 Å². The normalized spacial score (nSPS) is 9.90. The van der Waals surface area contributed by atoms with Crippen LogP contribution >= 0.6 is 11.8 Å². The summed E-state index contributed by atoms with van der Waals surface area (Å²) < 4.78 is 27.2. The van der Waals surface area contributed by atoms with Crippen molar-refractivity contribution < 1.29 is 12.6 Å². The first-order valence-corrected chi connectivity index (χ1v) is 11.4. The van der Waals surface area contributed by atoms with Crippen LogP contribution < -0.4 is 10.7 Å². The standard InChI is InChI=1S/C20H22N6S.O3S/c21-14-17-4-8-19(9-5-17)26(25-15-23-24-16-25)12-2-1-3-13-27-20-10-6-18(22)7-11-20;1-4(2)3/h4-11,15-16H,1-3,12-13,22H2;. The number of aromatic nitrogens is 3. The molecule has 11 heteroatoms. The second-order valence-corrected chi connectivity index (χ2v) is 7.88. The molecule has 0 radical (unpaired) electrons. The summed E-state index contributed by atoms with van der Waals surface area (Å²) in [6, 6.07) is 17.7. The molecule has 0 atom stereocenters. The highest BCUT2D eigenvalue weighted by Crippen LogP contribution is 2.21. The van der Waals surface area contributed by atoms with E-state index < -0.39 is 10.6 Å². The molecule has 0 aliphatic heterocycles. The summed E-state index contributed by atoms with van der Waals surface area (Å²) in [6.07, 6.45) is 6.72. The van der Waals surface area contributed by atoms with E-state index >= 15 is 0 Å². The van der Waals surface area contributed by atoms with Gasteiger partial charge in [0.15, 0.2) is 0 Å². The Labute approximate surface area is 186 Å². The molecule has 162 valence electrons. The Morgan fingerprint density at radius 2 is 1.58 bits per heavy atom. The average Bonchev–Trinajstić information content (AvgIpc) is 3.29. The van der Waals surface area contributed by atoms with Gasteiger partial charge in [-0.15, -0.1) is 34.6 Å². The Hall–Kier alpha value is -3.36. The zero-order valence-electron chi connectivity index (χ0n) is 16.7. The summed E-state index contributed by atoms with van der Waals surface area (Å²) in [6.45, 7) is 0.858. The van der Waals surface area contributed by atoms with E-state index in [4.69, 9.17) is 23.6 Å². The predicted molar refractivity (Wildman–Crippen MR) is 119 cm³/mol. The van der Waals surface area contributed by atoms with E-state index in [1.165, 1.54) is 4.90 Å². The largest absolute Gasteiger partial charge is 0.425 e. The minimum atomic E-state index is -3.11. The lowest BCUT2D eigenvalue weighted by atomic mass is 10.2. The Morgan fingerprint density at radius 3 is 2.16 bits per heavy atom. The smallest absolute Gasteiger partial charge is 0.399 e. The maximum Gasteiger partial charge on any atom is 0.425 e. The van der Waals surface area contributed by atoms with Crippen LogP contribution in [0.4, 0.5) is 11.4 Å². The topological polar surface area (TPSA) is 135 Å². The quantitative estimate of drug-likeness (QED) is 0.291. The maximum atomic E-state index is 8.97. The number of benzene rings is 2. The molecule has 3 aromatic rings. The third kappa shape index (κ3) is 8.90. The minimum Gasteiger partial charge on any atom is -0.399 e. The lowest BCUT2D eigenvalue weighted by Crippen LogP contribution is -2.29. The molecule has 2 aromatic carbocycles. The summed E-state index contributed by atoms with van der Waals surface area (Å²) in [5.74, 6) is 1.09. The lowest BCUT2D eigenvalue weighted by Gasteiger charge is -2.24. The fourth-order valence-electron chi connectivity index (χ4n) is 2.70. The van der Waals surface area contributed by atoms with Crippen LogP contribution in [0.2, 0.25) is 0 Å². The van der Waals surface area contributed by atoms with E-state index in [0.717, 1.165) is 42.9 Å². The van der Waals surface area contributed by atoms with Gasteiger partial charge in [0.1, 0.15) is 12.7 Å². The van der Waals surface area contributed by atoms with Crippen molar-refractivity contribution in [1.29, 1.82) is 5.26 Å². The molecule has 0 bridgehead atoms. The fraction of sp³-hybridized carbons (Fsp3) is 0.250. The van der Waals surface area contributed by atoms with Gasteiger partial charge >= 0.3 is 10.6 Å². The molecule has 0 saturated carbocycles. The van der Waals surface area contributed by atoms with Gasteiger partial charge < -0.3 is 5.73 Å². The summed E-state index contributed by atoms with van der Waals surface area (Å²) >= 11 is 1.86. The van der Waals surface area contributed by atoms with Gasteiger partial charge in [0, 0.05) is 17.1 Å². The second-order valence-electron chi connectivity index (χ2n) is 6.31. The second kappa shape index (κ2) is 13.0. The van der Waals surface area contributed by atoms with E-state index in [9.17, 15) is 0 Å². The molecule has 0 spiro atoms. The maximum absolute atomic E-state index is 8.97. The van der Waals surface area contributed by atoms with Crippen molar-refractivity contribution in [2.45, 2.75) is 24.2 Å². The predicted octanol–water partition coefficient (Wildman–Crippen LogP) is 2.96. The highest BCUT2D eigenvalue weighted by Gasteiger charge is 2.09. The molecule has 0 aliphatic rings. The Balaban J connectivity index is 0.000000785. The molecule has 1 aromatic heterocycles. The molecule has 0 saturated heterocycles. The first-order valence-electron chi connectivity index (χ1n) is 9.37. The SMILES string of the molecule is N#Cc1ccc(N(CCCCCSc2ccc(N)cc2)n2cnnc2)cc1.O=S(=O)=O. The van der Waals surface area contributed by atoms with Crippen molar-refractivity contribution in [2.24, 2.45) is 0 Å². The van der Waals surface area contributed by atoms with Crippen LogP contribution in [-0.4, -0.2) is 39.8 Å². The first kappa shape index (κ1) is 23.9. The molecule has 1 heterocycles. The van der Waals surface area contributed by atoms with E-state index in [1.54, 1.807) is 12.7 Å². The monoisotopic (exact) mass is 458 g/mol. The third-order valence-corrected chi connectivity index (χ3v) is 5.24. The zero-order valence-corrected chi connectivity index (χ0v) is 18.3. The molecule has 3 rings (SSSR count). The third-order valence-electron chi connectivity index (χ3n) is 4.14. The van der Waals surface area contributed by atoms with Gasteiger partial charge in [-0.2, -0.15) is 5.26 Å². The Morgan fingerprint density at radius 1 is 0.968 bits per heavy atom. The van der Waals surface area contributed by atoms with Crippen LogP contribution in [-0.2, 0) is 10.6 Å². The highest BCUT2D eigenvalue weighted by molar-refractivity contribution is 7.99. The highest BCUT2D eigenvalue weighted by atomic mass is 32.2. The van der Waals surface area contributed by atoms with Gasteiger partial charge in [-0.3, -0.25) is 5.01 Å². The molecule has 9 nitrogen and oxygen atoms in total. The van der Waals surface area contributed by atoms with Crippen LogP contribution in [0.3, 0.4) is 0 Å². The lowest BCUT2D eigenvalue weighted by molar-refractivity contribution is 0.559. The number of nitrogens with zero attached hydrogens (tertiary/aromatic N) is 5. The van der Waals surface area contributed by atoms with Gasteiger partial charge in [-0.1, -0.05) is 6.42 Å². The minimum absolute atomic E-state index is 0.655. The molecular weight excluding hydrogens is 436 g/mol. The number of nitrogens with two attached hydrogens (primary N) is 1. The van der Waals surface area contributed by atoms with Crippen molar-refractivity contribution in [3.8, 4) is 6.07 Å². The number of rotatable bonds is 9. The molecule has 0 amide bonds. The van der Waals surface area contributed by atoms with Crippen molar-refractivity contribution >= 4 is 33.7 Å². The molecule has 0 fully saturated rings. The number of thioether (sulfide) groups is 1. The number of anilines is 2. The molecule has 0 aliphatic carbocycles. The van der Waals surface area contributed by atoms with Crippen LogP contribution in [0.1, 0.15) is 24.8 Å². The number of unbranched alkanes of at least 4 members (excludes halogenated alkanes) is 2. The van der Waals surface area contributed by atoms with Gasteiger partial charge in [0.05, 0.1) is 17.3 Å². The van der Waals surface area contributed by atoms with Crippen molar-refractivity contribution in [3.63, 3.8) is 0 Å². The molecule has 2 N–H and O–H groups in total. The zero-order chi connectivity index (χ0) is 22.5. The van der Waals surface area contributed by atoms with E-state index in [0.29, 0.717) is 5.56 Å². The van der Waals surface area contributed by atoms with Crippen LogP contribution in [0, 0.1) is 11.3 Å². The first-order chi connectivity index (χ1) is 15.0. The summed E-state index contributed by atoms with van der Waals surface area (Å²) in [5, 5.41) is 18.9. The number of nitrogen functional groups attached to an aromatic ring is 1. The van der Waals surface area contributed by atoms with Gasteiger partial charge in [-0.25, -0.2) is 4.68 Å². The van der Waals surface area contributed by atoms with Crippen molar-refractivity contribution in [3.05, 3.63) is 66.7 Å². The number of hydrogen-bond acceptors (Lipinski definition) is 9. The van der Waals surface area contributed by atoms with Gasteiger partial charge in [-0.05, 0) is 67.1 Å². The molecule has 0 unspecified atom stereocenters. The Bertz CT molecular complexity index is 1060. The summed E-state index contributed by atoms with van der Waals surface area (Å²) in [7, 11) is -3.11. The number of hydrogen-bond donors (Lipinski definition) is 1. The summed E-state index contributed by atoms with van der Waals surface area (Å²) in [4.78, 5) is 1.26. The fourth-order valence-corrected chi connectivity index (χ4v) is 3.61. The van der Waals surface area contributed by atoms with Crippen molar-refractivity contribution in [1.82, 2.24) is 14.9 Å². The molecular formula is C20H22N6O3S2. The van der Waals surface area contributed by atoms with Gasteiger partial charge in [0.25, 0.3) is 0 Å².